The van der Waals surface area contributed by atoms with Gasteiger partial charge in [-0.05, 0) is 38.1 Å². The lowest BCUT2D eigenvalue weighted by atomic mass is 10.0. The Balaban J connectivity index is 1.84. The van der Waals surface area contributed by atoms with Crippen LogP contribution in [0.2, 0.25) is 0 Å². The number of halogens is 1. The van der Waals surface area contributed by atoms with Gasteiger partial charge in [0, 0.05) is 5.54 Å². The Kier molecular flexibility index (Phi) is 3.64. The van der Waals surface area contributed by atoms with Crippen LogP contribution in [0.5, 0.6) is 5.75 Å². The van der Waals surface area contributed by atoms with Gasteiger partial charge in [-0.3, -0.25) is 0 Å². The first-order valence-corrected chi connectivity index (χ1v) is 5.79. The molecule has 2 rings (SSSR count). The summed E-state index contributed by atoms with van der Waals surface area (Å²) < 4.78 is 23.8. The van der Waals surface area contributed by atoms with Gasteiger partial charge in [0.05, 0.1) is 19.3 Å². The highest BCUT2D eigenvalue weighted by molar-refractivity contribution is 5.22. The van der Waals surface area contributed by atoms with E-state index in [9.17, 15) is 4.39 Å². The normalized spacial score (nSPS) is 23.4. The fraction of sp³-hybridized carbons (Fsp3) is 0.538. The van der Waals surface area contributed by atoms with Crippen molar-refractivity contribution in [3.05, 3.63) is 30.1 Å². The van der Waals surface area contributed by atoms with Gasteiger partial charge < -0.3 is 14.8 Å². The smallest absolute Gasteiger partial charge is 0.123 e. The molecule has 1 N–H and O–H groups in total. The number of ether oxygens (including phenoxy) is 2. The molecule has 1 atom stereocenters. The van der Waals surface area contributed by atoms with Crippen molar-refractivity contribution in [2.24, 2.45) is 0 Å². The van der Waals surface area contributed by atoms with Gasteiger partial charge in [-0.25, -0.2) is 4.39 Å². The summed E-state index contributed by atoms with van der Waals surface area (Å²) in [7, 11) is 0. The first kappa shape index (κ1) is 12.3. The van der Waals surface area contributed by atoms with Crippen molar-refractivity contribution in [3.63, 3.8) is 0 Å². The molecule has 0 saturated carbocycles. The van der Waals surface area contributed by atoms with Crippen molar-refractivity contribution in [2.75, 3.05) is 19.8 Å². The number of benzene rings is 1. The van der Waals surface area contributed by atoms with Gasteiger partial charge in [-0.15, -0.1) is 0 Å². The molecular weight excluding hydrogens is 221 g/mol. The maximum absolute atomic E-state index is 12.7. The average molecular weight is 239 g/mol. The second-order valence-corrected chi connectivity index (χ2v) is 5.01. The first-order valence-electron chi connectivity index (χ1n) is 5.79. The molecule has 0 aromatic heterocycles. The fourth-order valence-electron chi connectivity index (χ4n) is 1.91. The molecule has 1 aromatic carbocycles. The lowest BCUT2D eigenvalue weighted by Gasteiger charge is -2.36. The van der Waals surface area contributed by atoms with Crippen molar-refractivity contribution in [1.29, 1.82) is 0 Å². The van der Waals surface area contributed by atoms with E-state index in [4.69, 9.17) is 9.47 Å². The summed E-state index contributed by atoms with van der Waals surface area (Å²) in [5.41, 5.74) is -0.0188. The molecule has 17 heavy (non-hydrogen) atoms. The van der Waals surface area contributed by atoms with Crippen LogP contribution in [0.1, 0.15) is 13.8 Å². The molecule has 1 heterocycles. The standard InChI is InChI=1S/C13H18FNO2/c1-13(2)9-16-7-11(15-13)8-17-12-5-3-10(14)4-6-12/h3-6,11,15H,7-9H2,1-2H3. The fourth-order valence-corrected chi connectivity index (χ4v) is 1.91. The Morgan fingerprint density at radius 2 is 2.12 bits per heavy atom. The number of hydrogen-bond donors (Lipinski definition) is 1. The van der Waals surface area contributed by atoms with E-state index in [-0.39, 0.29) is 17.4 Å². The summed E-state index contributed by atoms with van der Waals surface area (Å²) in [6.45, 7) is 6.06. The van der Waals surface area contributed by atoms with Crippen molar-refractivity contribution in [3.8, 4) is 5.75 Å². The number of nitrogens with one attached hydrogen (secondary N) is 1. The summed E-state index contributed by atoms with van der Waals surface area (Å²) in [4.78, 5) is 0. The van der Waals surface area contributed by atoms with E-state index in [2.05, 4.69) is 19.2 Å². The zero-order chi connectivity index (χ0) is 12.3. The van der Waals surface area contributed by atoms with Crippen LogP contribution in [0.25, 0.3) is 0 Å². The zero-order valence-electron chi connectivity index (χ0n) is 10.2. The quantitative estimate of drug-likeness (QED) is 0.874. The van der Waals surface area contributed by atoms with Crippen LogP contribution < -0.4 is 10.1 Å². The number of rotatable bonds is 3. The molecule has 1 aliphatic heterocycles. The molecule has 0 spiro atoms. The van der Waals surface area contributed by atoms with E-state index in [0.717, 1.165) is 0 Å². The summed E-state index contributed by atoms with van der Waals surface area (Å²) in [6.07, 6.45) is 0. The highest BCUT2D eigenvalue weighted by Crippen LogP contribution is 2.14. The average Bonchev–Trinajstić information content (AvgIpc) is 2.27. The van der Waals surface area contributed by atoms with E-state index >= 15 is 0 Å². The minimum atomic E-state index is -0.252. The maximum atomic E-state index is 12.7. The number of morpholine rings is 1. The largest absolute Gasteiger partial charge is 0.492 e. The van der Waals surface area contributed by atoms with Crippen LogP contribution in [0.3, 0.4) is 0 Å². The van der Waals surface area contributed by atoms with Gasteiger partial charge >= 0.3 is 0 Å². The Bertz CT molecular complexity index is 364. The molecule has 0 aliphatic carbocycles. The van der Waals surface area contributed by atoms with Crippen molar-refractivity contribution < 1.29 is 13.9 Å². The minimum Gasteiger partial charge on any atom is -0.492 e. The van der Waals surface area contributed by atoms with Crippen LogP contribution >= 0.6 is 0 Å². The topological polar surface area (TPSA) is 30.5 Å². The zero-order valence-corrected chi connectivity index (χ0v) is 10.2. The predicted octanol–water partition coefficient (Wildman–Crippen LogP) is 1.97. The van der Waals surface area contributed by atoms with Gasteiger partial charge in [0.25, 0.3) is 0 Å². The lowest BCUT2D eigenvalue weighted by molar-refractivity contribution is 0.000942. The van der Waals surface area contributed by atoms with E-state index in [0.29, 0.717) is 25.6 Å². The highest BCUT2D eigenvalue weighted by Gasteiger charge is 2.27. The second kappa shape index (κ2) is 5.02. The molecular formula is C13H18FNO2. The van der Waals surface area contributed by atoms with Crippen LogP contribution in [-0.2, 0) is 4.74 Å². The predicted molar refractivity (Wildman–Crippen MR) is 63.7 cm³/mol. The van der Waals surface area contributed by atoms with Gasteiger partial charge in [0.1, 0.15) is 18.2 Å². The van der Waals surface area contributed by atoms with Crippen LogP contribution in [0.15, 0.2) is 24.3 Å². The SMILES string of the molecule is CC1(C)COCC(COc2ccc(F)cc2)N1. The Labute approximate surface area is 101 Å². The summed E-state index contributed by atoms with van der Waals surface area (Å²) >= 11 is 0. The van der Waals surface area contributed by atoms with Crippen molar-refractivity contribution in [2.45, 2.75) is 25.4 Å². The van der Waals surface area contributed by atoms with Crippen molar-refractivity contribution in [1.82, 2.24) is 5.32 Å². The Morgan fingerprint density at radius 1 is 1.41 bits per heavy atom. The van der Waals surface area contributed by atoms with Gasteiger partial charge in [0.2, 0.25) is 0 Å². The molecule has 1 aromatic rings. The molecule has 1 aliphatic rings. The summed E-state index contributed by atoms with van der Waals surface area (Å²) in [6, 6.07) is 6.21. The summed E-state index contributed by atoms with van der Waals surface area (Å²) in [5.74, 6) is 0.425. The third-order valence-electron chi connectivity index (χ3n) is 2.64. The molecule has 4 heteroatoms. The van der Waals surface area contributed by atoms with Crippen LogP contribution in [0, 0.1) is 5.82 Å². The van der Waals surface area contributed by atoms with E-state index in [1.54, 1.807) is 12.1 Å². The third kappa shape index (κ3) is 3.68. The molecule has 1 saturated heterocycles. The van der Waals surface area contributed by atoms with E-state index in [1.165, 1.54) is 12.1 Å². The van der Waals surface area contributed by atoms with E-state index in [1.807, 2.05) is 0 Å². The van der Waals surface area contributed by atoms with Gasteiger partial charge in [-0.2, -0.15) is 0 Å². The maximum Gasteiger partial charge on any atom is 0.123 e. The highest BCUT2D eigenvalue weighted by atomic mass is 19.1. The number of hydrogen-bond acceptors (Lipinski definition) is 3. The molecule has 94 valence electrons. The van der Waals surface area contributed by atoms with Crippen LogP contribution in [-0.4, -0.2) is 31.4 Å². The molecule has 0 bridgehead atoms. The Hall–Kier alpha value is -1.13. The third-order valence-corrected chi connectivity index (χ3v) is 2.64. The molecule has 1 fully saturated rings. The van der Waals surface area contributed by atoms with Gasteiger partial charge in [-0.1, -0.05) is 0 Å². The minimum absolute atomic E-state index is 0.0188. The monoisotopic (exact) mass is 239 g/mol. The van der Waals surface area contributed by atoms with E-state index < -0.39 is 0 Å². The van der Waals surface area contributed by atoms with Crippen molar-refractivity contribution >= 4 is 0 Å². The molecule has 0 radical (unpaired) electrons. The molecule has 1 unspecified atom stereocenters. The summed E-state index contributed by atoms with van der Waals surface area (Å²) in [5, 5.41) is 3.45. The van der Waals surface area contributed by atoms with Crippen LogP contribution in [0.4, 0.5) is 4.39 Å². The lowest BCUT2D eigenvalue weighted by Crippen LogP contribution is -2.57. The first-order chi connectivity index (χ1) is 8.05. The second-order valence-electron chi connectivity index (χ2n) is 5.01. The Morgan fingerprint density at radius 3 is 2.76 bits per heavy atom. The molecule has 0 amide bonds. The molecule has 3 nitrogen and oxygen atoms in total. The van der Waals surface area contributed by atoms with Gasteiger partial charge in [0.15, 0.2) is 0 Å².